The highest BCUT2D eigenvalue weighted by molar-refractivity contribution is 7.90. The molecule has 0 heterocycles. The summed E-state index contributed by atoms with van der Waals surface area (Å²) in [5.74, 6) is -0.806. The molecule has 2 aromatic carbocycles. The minimum atomic E-state index is -3.63. The highest BCUT2D eigenvalue weighted by Gasteiger charge is 2.19. The maximum atomic E-state index is 12.4. The van der Waals surface area contributed by atoms with Crippen LogP contribution in [-0.2, 0) is 15.6 Å². The van der Waals surface area contributed by atoms with E-state index in [1.807, 2.05) is 0 Å². The molecule has 0 unspecified atom stereocenters. The number of benzene rings is 2. The zero-order valence-corrected chi connectivity index (χ0v) is 12.5. The Hall–Kier alpha value is -2.05. The Morgan fingerprint density at radius 3 is 2.29 bits per heavy atom. The Bertz CT molecular complexity index is 786. The van der Waals surface area contributed by atoms with Crippen molar-refractivity contribution in [3.63, 3.8) is 0 Å². The van der Waals surface area contributed by atoms with Gasteiger partial charge in [-0.25, -0.2) is 8.42 Å². The molecule has 5 nitrogen and oxygen atoms in total. The highest BCUT2D eigenvalue weighted by atomic mass is 35.5. The number of nitrogen functional groups attached to an aromatic ring is 1. The first-order valence-electron chi connectivity index (χ1n) is 5.96. The largest absolute Gasteiger partial charge is 0.398 e. The van der Waals surface area contributed by atoms with Gasteiger partial charge >= 0.3 is 0 Å². The number of hydrogen-bond donors (Lipinski definition) is 2. The number of sulfone groups is 1. The molecule has 7 heteroatoms. The average molecular weight is 325 g/mol. The van der Waals surface area contributed by atoms with Crippen LogP contribution in [0.25, 0.3) is 0 Å². The fourth-order valence-corrected chi connectivity index (χ4v) is 3.60. The normalized spacial score (nSPS) is 11.3. The molecule has 0 saturated heterocycles. The molecule has 2 rings (SSSR count). The lowest BCUT2D eigenvalue weighted by molar-refractivity contribution is 0.100. The van der Waals surface area contributed by atoms with Crippen molar-refractivity contribution in [3.8, 4) is 0 Å². The summed E-state index contributed by atoms with van der Waals surface area (Å²) in [6.07, 6.45) is 0. The lowest BCUT2D eigenvalue weighted by Crippen LogP contribution is -2.11. The molecule has 0 atom stereocenters. The predicted molar refractivity (Wildman–Crippen MR) is 81.7 cm³/mol. The van der Waals surface area contributed by atoms with Crippen LogP contribution in [0.3, 0.4) is 0 Å². The summed E-state index contributed by atoms with van der Waals surface area (Å²) < 4.78 is 24.7. The van der Waals surface area contributed by atoms with Crippen LogP contribution in [0.15, 0.2) is 47.4 Å². The lowest BCUT2D eigenvalue weighted by Gasteiger charge is -2.08. The second kappa shape index (κ2) is 5.75. The minimum Gasteiger partial charge on any atom is -0.398 e. The monoisotopic (exact) mass is 324 g/mol. The summed E-state index contributed by atoms with van der Waals surface area (Å²) in [6.45, 7) is 0. The van der Waals surface area contributed by atoms with Gasteiger partial charge in [0.15, 0.2) is 9.84 Å². The topological polar surface area (TPSA) is 103 Å². The first kappa shape index (κ1) is 15.3. The Morgan fingerprint density at radius 1 is 1.10 bits per heavy atom. The molecule has 110 valence electrons. The third-order valence-corrected chi connectivity index (χ3v) is 4.88. The van der Waals surface area contributed by atoms with E-state index < -0.39 is 15.7 Å². The quantitative estimate of drug-likeness (QED) is 0.839. The Kier molecular flexibility index (Phi) is 4.20. The van der Waals surface area contributed by atoms with E-state index in [0.29, 0.717) is 16.1 Å². The van der Waals surface area contributed by atoms with Gasteiger partial charge in [-0.15, -0.1) is 0 Å². The van der Waals surface area contributed by atoms with Crippen molar-refractivity contribution in [2.24, 2.45) is 5.73 Å². The van der Waals surface area contributed by atoms with Crippen molar-refractivity contribution in [2.45, 2.75) is 10.6 Å². The van der Waals surface area contributed by atoms with Gasteiger partial charge in [-0.1, -0.05) is 23.7 Å². The van der Waals surface area contributed by atoms with Crippen LogP contribution < -0.4 is 11.5 Å². The van der Waals surface area contributed by atoms with Crippen LogP contribution in [0.1, 0.15) is 15.9 Å². The highest BCUT2D eigenvalue weighted by Crippen LogP contribution is 2.25. The van der Waals surface area contributed by atoms with Crippen LogP contribution in [0.2, 0.25) is 5.02 Å². The maximum absolute atomic E-state index is 12.4. The molecule has 4 N–H and O–H groups in total. The van der Waals surface area contributed by atoms with E-state index in [9.17, 15) is 13.2 Å². The van der Waals surface area contributed by atoms with Gasteiger partial charge in [-0.05, 0) is 35.9 Å². The molecule has 0 saturated carbocycles. The van der Waals surface area contributed by atoms with Gasteiger partial charge in [0.25, 0.3) is 0 Å². The van der Waals surface area contributed by atoms with Crippen molar-refractivity contribution < 1.29 is 13.2 Å². The van der Waals surface area contributed by atoms with Crippen LogP contribution in [0, 0.1) is 0 Å². The zero-order chi connectivity index (χ0) is 15.6. The summed E-state index contributed by atoms with van der Waals surface area (Å²) in [5.41, 5.74) is 11.8. The standard InChI is InChI=1S/C14H13ClN2O3S/c15-11-5-6-12(16)13(7-11)21(19,20)8-9-1-3-10(4-2-9)14(17)18/h1-7H,8,16H2,(H2,17,18). The van der Waals surface area contributed by atoms with Crippen molar-refractivity contribution in [3.05, 3.63) is 58.6 Å². The molecule has 2 aromatic rings. The zero-order valence-electron chi connectivity index (χ0n) is 10.9. The smallest absolute Gasteiger partial charge is 0.248 e. The van der Waals surface area contributed by atoms with Crippen LogP contribution >= 0.6 is 11.6 Å². The summed E-state index contributed by atoms with van der Waals surface area (Å²) in [6, 6.07) is 10.3. The number of hydrogen-bond acceptors (Lipinski definition) is 4. The third-order valence-electron chi connectivity index (χ3n) is 2.91. The molecule has 0 aliphatic heterocycles. The minimum absolute atomic E-state index is 0.00558. The van der Waals surface area contributed by atoms with Crippen molar-refractivity contribution >= 4 is 33.0 Å². The number of halogens is 1. The van der Waals surface area contributed by atoms with Crippen molar-refractivity contribution in [1.29, 1.82) is 0 Å². The van der Waals surface area contributed by atoms with Gasteiger partial charge in [0.2, 0.25) is 5.91 Å². The molecule has 0 fully saturated rings. The molecule has 0 radical (unpaired) electrons. The number of rotatable bonds is 4. The molecule has 21 heavy (non-hydrogen) atoms. The SMILES string of the molecule is NC(=O)c1ccc(CS(=O)(=O)c2cc(Cl)ccc2N)cc1. The van der Waals surface area contributed by atoms with Crippen molar-refractivity contribution in [2.75, 3.05) is 5.73 Å². The van der Waals surface area contributed by atoms with Crippen LogP contribution in [-0.4, -0.2) is 14.3 Å². The third kappa shape index (κ3) is 3.53. The number of amides is 1. The van der Waals surface area contributed by atoms with Gasteiger partial charge in [-0.3, -0.25) is 4.79 Å². The van der Waals surface area contributed by atoms with Gasteiger partial charge < -0.3 is 11.5 Å². The average Bonchev–Trinajstić information content (AvgIpc) is 2.41. The number of nitrogens with two attached hydrogens (primary N) is 2. The Balaban J connectivity index is 2.33. The van der Waals surface area contributed by atoms with E-state index in [-0.39, 0.29) is 16.3 Å². The number of anilines is 1. The molecule has 0 aliphatic rings. The fraction of sp³-hybridized carbons (Fsp3) is 0.0714. The second-order valence-corrected chi connectivity index (χ2v) is 6.90. The van der Waals surface area contributed by atoms with Crippen molar-refractivity contribution in [1.82, 2.24) is 0 Å². The summed E-state index contributed by atoms with van der Waals surface area (Å²) >= 11 is 5.81. The predicted octanol–water partition coefficient (Wildman–Crippen LogP) is 2.00. The molecule has 0 bridgehead atoms. The maximum Gasteiger partial charge on any atom is 0.248 e. The van der Waals surface area contributed by atoms with E-state index in [4.69, 9.17) is 23.1 Å². The van der Waals surface area contributed by atoms with E-state index >= 15 is 0 Å². The molecular weight excluding hydrogens is 312 g/mol. The van der Waals surface area contributed by atoms with Crippen LogP contribution in [0.4, 0.5) is 5.69 Å². The molecule has 0 aliphatic carbocycles. The number of carbonyl (C=O) groups excluding carboxylic acids is 1. The summed E-state index contributed by atoms with van der Waals surface area (Å²) in [5, 5.41) is 0.298. The Morgan fingerprint density at radius 2 is 1.71 bits per heavy atom. The first-order valence-corrected chi connectivity index (χ1v) is 7.99. The van der Waals surface area contributed by atoms with Gasteiger partial charge in [0.1, 0.15) is 0 Å². The van der Waals surface area contributed by atoms with E-state index in [1.165, 1.54) is 30.3 Å². The number of carbonyl (C=O) groups is 1. The summed E-state index contributed by atoms with van der Waals surface area (Å²) in [7, 11) is -3.63. The van der Waals surface area contributed by atoms with E-state index in [0.717, 1.165) is 0 Å². The first-order chi connectivity index (χ1) is 9.79. The molecule has 0 spiro atoms. The number of primary amides is 1. The van der Waals surface area contributed by atoms with Gasteiger partial charge in [0, 0.05) is 10.6 Å². The molecule has 0 aromatic heterocycles. The lowest BCUT2D eigenvalue weighted by atomic mass is 10.1. The molecular formula is C14H13ClN2O3S. The van der Waals surface area contributed by atoms with Gasteiger partial charge in [-0.2, -0.15) is 0 Å². The molecule has 1 amide bonds. The second-order valence-electron chi connectivity index (χ2n) is 4.50. The van der Waals surface area contributed by atoms with E-state index in [1.54, 1.807) is 12.1 Å². The fourth-order valence-electron chi connectivity index (χ4n) is 1.84. The Labute approximate surface area is 127 Å². The van der Waals surface area contributed by atoms with Crippen LogP contribution in [0.5, 0.6) is 0 Å². The van der Waals surface area contributed by atoms with E-state index in [2.05, 4.69) is 0 Å². The van der Waals surface area contributed by atoms with Gasteiger partial charge in [0.05, 0.1) is 16.3 Å². The summed E-state index contributed by atoms with van der Waals surface area (Å²) in [4.78, 5) is 11.0.